The second-order valence-electron chi connectivity index (χ2n) is 6.03. The van der Waals surface area contributed by atoms with Crippen LogP contribution in [-0.4, -0.2) is 19.2 Å². The van der Waals surface area contributed by atoms with E-state index in [1.54, 1.807) is 6.07 Å². The Morgan fingerprint density at radius 3 is 2.75 bits per heavy atom. The number of halogens is 1. The molecule has 0 aromatic heterocycles. The van der Waals surface area contributed by atoms with Crippen LogP contribution in [0.1, 0.15) is 40.0 Å². The van der Waals surface area contributed by atoms with Crippen LogP contribution in [0.4, 0.5) is 15.8 Å². The maximum Gasteiger partial charge on any atom is 0.167 e. The Morgan fingerprint density at radius 1 is 1.30 bits per heavy atom. The summed E-state index contributed by atoms with van der Waals surface area (Å²) < 4.78 is 19.4. The SMILES string of the molecule is CC1CCCN(c2cc(OC(C)C)c(F)cc2N)CC1. The smallest absolute Gasteiger partial charge is 0.167 e. The molecule has 1 atom stereocenters. The van der Waals surface area contributed by atoms with Crippen LogP contribution in [0.25, 0.3) is 0 Å². The van der Waals surface area contributed by atoms with Crippen LogP contribution in [0.5, 0.6) is 5.75 Å². The largest absolute Gasteiger partial charge is 0.488 e. The van der Waals surface area contributed by atoms with Gasteiger partial charge in [0.15, 0.2) is 11.6 Å². The Balaban J connectivity index is 2.25. The number of hydrogen-bond donors (Lipinski definition) is 1. The van der Waals surface area contributed by atoms with Crippen molar-refractivity contribution in [3.05, 3.63) is 17.9 Å². The van der Waals surface area contributed by atoms with Gasteiger partial charge < -0.3 is 15.4 Å². The quantitative estimate of drug-likeness (QED) is 0.855. The second kappa shape index (κ2) is 6.33. The Labute approximate surface area is 120 Å². The first-order valence-electron chi connectivity index (χ1n) is 7.48. The van der Waals surface area contributed by atoms with Crippen LogP contribution in [0.3, 0.4) is 0 Å². The highest BCUT2D eigenvalue weighted by molar-refractivity contribution is 5.70. The summed E-state index contributed by atoms with van der Waals surface area (Å²) in [4.78, 5) is 2.26. The van der Waals surface area contributed by atoms with Gasteiger partial charge in [-0.2, -0.15) is 0 Å². The van der Waals surface area contributed by atoms with Crippen molar-refractivity contribution in [1.82, 2.24) is 0 Å². The van der Waals surface area contributed by atoms with E-state index in [9.17, 15) is 4.39 Å². The Morgan fingerprint density at radius 2 is 2.05 bits per heavy atom. The van der Waals surface area contributed by atoms with Crippen molar-refractivity contribution in [2.45, 2.75) is 46.1 Å². The molecule has 1 fully saturated rings. The minimum absolute atomic E-state index is 0.0508. The van der Waals surface area contributed by atoms with Gasteiger partial charge in [-0.05, 0) is 39.0 Å². The van der Waals surface area contributed by atoms with Crippen LogP contribution < -0.4 is 15.4 Å². The van der Waals surface area contributed by atoms with E-state index >= 15 is 0 Å². The molecule has 1 aliphatic heterocycles. The lowest BCUT2D eigenvalue weighted by Gasteiger charge is -2.25. The Hall–Kier alpha value is -1.45. The van der Waals surface area contributed by atoms with E-state index in [4.69, 9.17) is 10.5 Å². The molecule has 1 aromatic rings. The number of nitrogen functional groups attached to an aromatic ring is 1. The third-order valence-corrected chi connectivity index (χ3v) is 3.80. The van der Waals surface area contributed by atoms with Gasteiger partial charge in [0, 0.05) is 25.2 Å². The normalized spacial score (nSPS) is 20.1. The van der Waals surface area contributed by atoms with Gasteiger partial charge in [-0.25, -0.2) is 4.39 Å². The van der Waals surface area contributed by atoms with E-state index in [2.05, 4.69) is 11.8 Å². The molecule has 2 N–H and O–H groups in total. The molecule has 1 unspecified atom stereocenters. The van der Waals surface area contributed by atoms with E-state index in [1.165, 1.54) is 12.5 Å². The fraction of sp³-hybridized carbons (Fsp3) is 0.625. The molecular weight excluding hydrogens is 255 g/mol. The fourth-order valence-corrected chi connectivity index (χ4v) is 2.68. The molecule has 4 heteroatoms. The highest BCUT2D eigenvalue weighted by atomic mass is 19.1. The summed E-state index contributed by atoms with van der Waals surface area (Å²) in [7, 11) is 0. The molecule has 0 bridgehead atoms. The Bertz CT molecular complexity index is 462. The first-order valence-corrected chi connectivity index (χ1v) is 7.48. The van der Waals surface area contributed by atoms with E-state index in [1.807, 2.05) is 13.8 Å². The summed E-state index contributed by atoms with van der Waals surface area (Å²) in [6.45, 7) is 8.01. The number of hydrogen-bond acceptors (Lipinski definition) is 3. The third kappa shape index (κ3) is 3.56. The zero-order valence-corrected chi connectivity index (χ0v) is 12.7. The van der Waals surface area contributed by atoms with Crippen LogP contribution >= 0.6 is 0 Å². The van der Waals surface area contributed by atoms with Crippen molar-refractivity contribution in [3.63, 3.8) is 0 Å². The minimum atomic E-state index is -0.386. The van der Waals surface area contributed by atoms with Gasteiger partial charge in [-0.1, -0.05) is 6.92 Å². The van der Waals surface area contributed by atoms with Crippen molar-refractivity contribution >= 4 is 11.4 Å². The van der Waals surface area contributed by atoms with E-state index in [0.29, 0.717) is 11.4 Å². The minimum Gasteiger partial charge on any atom is -0.488 e. The summed E-state index contributed by atoms with van der Waals surface area (Å²) in [5.74, 6) is 0.651. The fourth-order valence-electron chi connectivity index (χ4n) is 2.68. The van der Waals surface area contributed by atoms with Gasteiger partial charge in [0.25, 0.3) is 0 Å². The number of benzene rings is 1. The molecule has 112 valence electrons. The van der Waals surface area contributed by atoms with Crippen molar-refractivity contribution in [2.24, 2.45) is 5.92 Å². The van der Waals surface area contributed by atoms with Crippen molar-refractivity contribution in [3.8, 4) is 5.75 Å². The second-order valence-corrected chi connectivity index (χ2v) is 6.03. The molecule has 0 saturated carbocycles. The average Bonchev–Trinajstić information content (AvgIpc) is 2.57. The number of nitrogens with two attached hydrogens (primary N) is 1. The molecule has 0 radical (unpaired) electrons. The predicted octanol–water partition coefficient (Wildman–Crippen LogP) is 3.82. The number of nitrogens with zero attached hydrogens (tertiary/aromatic N) is 1. The maximum absolute atomic E-state index is 13.9. The van der Waals surface area contributed by atoms with Gasteiger partial charge in [-0.3, -0.25) is 0 Å². The van der Waals surface area contributed by atoms with Crippen molar-refractivity contribution < 1.29 is 9.13 Å². The molecule has 2 rings (SSSR count). The molecule has 1 aromatic carbocycles. The van der Waals surface area contributed by atoms with Crippen LogP contribution in [0, 0.1) is 11.7 Å². The molecule has 0 spiro atoms. The number of ether oxygens (including phenoxy) is 1. The predicted molar refractivity (Wildman–Crippen MR) is 81.8 cm³/mol. The lowest BCUT2D eigenvalue weighted by Crippen LogP contribution is -2.25. The molecule has 0 aliphatic carbocycles. The lowest BCUT2D eigenvalue weighted by atomic mass is 10.0. The first-order chi connectivity index (χ1) is 9.47. The van der Waals surface area contributed by atoms with Crippen molar-refractivity contribution in [1.29, 1.82) is 0 Å². The van der Waals surface area contributed by atoms with Gasteiger partial charge >= 0.3 is 0 Å². The van der Waals surface area contributed by atoms with E-state index < -0.39 is 0 Å². The van der Waals surface area contributed by atoms with E-state index in [-0.39, 0.29) is 11.9 Å². The highest BCUT2D eigenvalue weighted by Gasteiger charge is 2.18. The standard InChI is InChI=1S/C16H25FN2O/c1-11(2)20-16-10-15(14(18)9-13(16)17)19-7-4-5-12(3)6-8-19/h9-12H,4-8,18H2,1-3H3. The average molecular weight is 280 g/mol. The first kappa shape index (κ1) is 14.9. The maximum atomic E-state index is 13.9. The molecule has 3 nitrogen and oxygen atoms in total. The summed E-state index contributed by atoms with van der Waals surface area (Å²) in [6.07, 6.45) is 3.49. The van der Waals surface area contributed by atoms with Gasteiger partial charge in [-0.15, -0.1) is 0 Å². The number of rotatable bonds is 3. The molecule has 1 saturated heterocycles. The Kier molecular flexibility index (Phi) is 4.73. The summed E-state index contributed by atoms with van der Waals surface area (Å²) in [5, 5.41) is 0. The molecule has 0 amide bonds. The van der Waals surface area contributed by atoms with Crippen LogP contribution in [0.2, 0.25) is 0 Å². The third-order valence-electron chi connectivity index (χ3n) is 3.80. The van der Waals surface area contributed by atoms with Crippen molar-refractivity contribution in [2.75, 3.05) is 23.7 Å². The zero-order valence-electron chi connectivity index (χ0n) is 12.7. The molecule has 1 aliphatic rings. The highest BCUT2D eigenvalue weighted by Crippen LogP contribution is 2.33. The summed E-state index contributed by atoms with van der Waals surface area (Å²) >= 11 is 0. The van der Waals surface area contributed by atoms with Gasteiger partial charge in [0.2, 0.25) is 0 Å². The van der Waals surface area contributed by atoms with Crippen LogP contribution in [-0.2, 0) is 0 Å². The molecular formula is C16H25FN2O. The number of anilines is 2. The summed E-state index contributed by atoms with van der Waals surface area (Å²) in [5.41, 5.74) is 7.39. The van der Waals surface area contributed by atoms with Gasteiger partial charge in [0.1, 0.15) is 0 Å². The van der Waals surface area contributed by atoms with Gasteiger partial charge in [0.05, 0.1) is 17.5 Å². The topological polar surface area (TPSA) is 38.5 Å². The molecule has 1 heterocycles. The molecule has 20 heavy (non-hydrogen) atoms. The monoisotopic (exact) mass is 280 g/mol. The summed E-state index contributed by atoms with van der Waals surface area (Å²) in [6, 6.07) is 3.13. The lowest BCUT2D eigenvalue weighted by molar-refractivity contribution is 0.231. The zero-order chi connectivity index (χ0) is 14.7. The van der Waals surface area contributed by atoms with E-state index in [0.717, 1.165) is 37.5 Å². The van der Waals surface area contributed by atoms with Crippen LogP contribution in [0.15, 0.2) is 12.1 Å².